The van der Waals surface area contributed by atoms with E-state index in [1.165, 1.54) is 26.6 Å². The third-order valence-electron chi connectivity index (χ3n) is 4.58. The lowest BCUT2D eigenvalue weighted by molar-refractivity contribution is 0.673. The number of nitrogens with one attached hydrogen (secondary N) is 2. The van der Waals surface area contributed by atoms with Crippen LogP contribution in [0.15, 0.2) is 28.1 Å². The summed E-state index contributed by atoms with van der Waals surface area (Å²) in [6, 6.07) is 6.55. The summed E-state index contributed by atoms with van der Waals surface area (Å²) in [6.07, 6.45) is 2.20. The molecule has 2 aromatic heterocycles. The first kappa shape index (κ1) is 16.1. The number of fused-ring (bicyclic) bond motifs is 3. The van der Waals surface area contributed by atoms with Crippen molar-refractivity contribution in [3.05, 3.63) is 45.0 Å². The van der Waals surface area contributed by atoms with Gasteiger partial charge in [-0.05, 0) is 47.4 Å². The molecule has 4 nitrogen and oxygen atoms in total. The number of anilines is 1. The Bertz CT molecular complexity index is 867. The van der Waals surface area contributed by atoms with Crippen molar-refractivity contribution in [1.29, 1.82) is 0 Å². The molecule has 0 amide bonds. The van der Waals surface area contributed by atoms with Crippen molar-refractivity contribution in [3.63, 3.8) is 0 Å². The van der Waals surface area contributed by atoms with E-state index < -0.39 is 0 Å². The molecule has 0 atom stereocenters. The van der Waals surface area contributed by atoms with Crippen molar-refractivity contribution in [3.8, 4) is 0 Å². The van der Waals surface area contributed by atoms with Crippen molar-refractivity contribution in [2.75, 3.05) is 25.0 Å². The highest BCUT2D eigenvalue weighted by Crippen LogP contribution is 2.33. The zero-order chi connectivity index (χ0) is 16.5. The molecule has 3 aromatic rings. The molecule has 0 spiro atoms. The highest BCUT2D eigenvalue weighted by atomic mass is 79.9. The zero-order valence-corrected chi connectivity index (χ0v) is 16.1. The van der Waals surface area contributed by atoms with Gasteiger partial charge in [0, 0.05) is 47.0 Å². The number of nitrogens with zero attached hydrogens (tertiary/aromatic N) is 2. The predicted molar refractivity (Wildman–Crippen MR) is 105 cm³/mol. The Kier molecular flexibility index (Phi) is 4.61. The van der Waals surface area contributed by atoms with Crippen LogP contribution in [0.1, 0.15) is 17.0 Å². The van der Waals surface area contributed by atoms with Gasteiger partial charge in [0.05, 0.1) is 11.2 Å². The molecular weight excluding hydrogens is 384 g/mol. The highest BCUT2D eigenvalue weighted by molar-refractivity contribution is 9.10. The first-order valence-corrected chi connectivity index (χ1v) is 10.1. The molecule has 0 fully saturated rings. The Morgan fingerprint density at radius 2 is 2.21 bits per heavy atom. The van der Waals surface area contributed by atoms with Gasteiger partial charge >= 0.3 is 0 Å². The third-order valence-corrected chi connectivity index (χ3v) is 6.13. The Hall–Kier alpha value is -1.37. The summed E-state index contributed by atoms with van der Waals surface area (Å²) in [4.78, 5) is 4.49. The van der Waals surface area contributed by atoms with E-state index in [0.29, 0.717) is 0 Å². The van der Waals surface area contributed by atoms with E-state index in [1.807, 2.05) is 6.92 Å². The Morgan fingerprint density at radius 1 is 1.33 bits per heavy atom. The normalized spacial score (nSPS) is 14.6. The molecule has 0 unspecified atom stereocenters. The number of aromatic nitrogens is 2. The van der Waals surface area contributed by atoms with Crippen LogP contribution in [-0.4, -0.2) is 29.2 Å². The van der Waals surface area contributed by atoms with Crippen LogP contribution < -0.4 is 10.6 Å². The van der Waals surface area contributed by atoms with E-state index in [9.17, 15) is 0 Å². The number of thiazole rings is 1. The average Bonchev–Trinajstić information content (AvgIpc) is 3.00. The second-order valence-electron chi connectivity index (χ2n) is 6.18. The van der Waals surface area contributed by atoms with Crippen molar-refractivity contribution >= 4 is 43.3 Å². The van der Waals surface area contributed by atoms with Gasteiger partial charge in [-0.25, -0.2) is 4.98 Å². The molecule has 3 heterocycles. The minimum absolute atomic E-state index is 0.887. The van der Waals surface area contributed by atoms with E-state index in [2.05, 4.69) is 59.7 Å². The molecule has 0 bridgehead atoms. The van der Waals surface area contributed by atoms with E-state index in [0.717, 1.165) is 49.8 Å². The van der Waals surface area contributed by atoms with E-state index in [-0.39, 0.29) is 0 Å². The van der Waals surface area contributed by atoms with Gasteiger partial charge < -0.3 is 15.2 Å². The maximum Gasteiger partial charge on any atom is 0.182 e. The second-order valence-corrected chi connectivity index (χ2v) is 7.90. The van der Waals surface area contributed by atoms with Gasteiger partial charge in [-0.3, -0.25) is 0 Å². The number of hydrogen-bond acceptors (Lipinski definition) is 4. The fourth-order valence-corrected chi connectivity index (χ4v) is 4.85. The van der Waals surface area contributed by atoms with Gasteiger partial charge in [-0.1, -0.05) is 12.1 Å². The first-order valence-electron chi connectivity index (χ1n) is 8.39. The minimum atomic E-state index is 0.887. The van der Waals surface area contributed by atoms with Crippen LogP contribution in [0.5, 0.6) is 0 Å². The molecule has 126 valence electrons. The number of aryl methyl sites for hydroxylation is 1. The Balaban J connectivity index is 1.66. The lowest BCUT2D eigenvalue weighted by atomic mass is 10.1. The summed E-state index contributed by atoms with van der Waals surface area (Å²) in [5, 5.41) is 11.5. The number of halogens is 1. The Morgan fingerprint density at radius 3 is 3.04 bits per heavy atom. The van der Waals surface area contributed by atoms with Crippen LogP contribution in [0.4, 0.5) is 5.13 Å². The van der Waals surface area contributed by atoms with Gasteiger partial charge in [0.2, 0.25) is 0 Å². The average molecular weight is 405 g/mol. The maximum absolute atomic E-state index is 4.49. The van der Waals surface area contributed by atoms with Crippen molar-refractivity contribution in [2.24, 2.45) is 0 Å². The summed E-state index contributed by atoms with van der Waals surface area (Å²) >= 11 is 5.44. The summed E-state index contributed by atoms with van der Waals surface area (Å²) in [7, 11) is 0. The Labute approximate surface area is 154 Å². The van der Waals surface area contributed by atoms with Gasteiger partial charge in [-0.2, -0.15) is 0 Å². The third kappa shape index (κ3) is 2.98. The van der Waals surface area contributed by atoms with Crippen LogP contribution >= 0.6 is 27.3 Å². The number of rotatable bonds is 4. The second kappa shape index (κ2) is 6.86. The van der Waals surface area contributed by atoms with E-state index in [1.54, 1.807) is 11.3 Å². The summed E-state index contributed by atoms with van der Waals surface area (Å²) < 4.78 is 3.68. The molecule has 0 radical (unpaired) electrons. The molecule has 0 saturated carbocycles. The van der Waals surface area contributed by atoms with Crippen LogP contribution in [0, 0.1) is 6.92 Å². The molecule has 1 aliphatic rings. The topological polar surface area (TPSA) is 41.9 Å². The fourth-order valence-electron chi connectivity index (χ4n) is 3.55. The SMILES string of the molecule is Cc1csc(NCCn2c3c(c4cccc(Br)c42)CCNCC3)n1. The molecule has 24 heavy (non-hydrogen) atoms. The number of para-hydroxylation sites is 1. The highest BCUT2D eigenvalue weighted by Gasteiger charge is 2.19. The molecule has 1 aromatic carbocycles. The van der Waals surface area contributed by atoms with E-state index >= 15 is 0 Å². The van der Waals surface area contributed by atoms with Crippen LogP contribution in [0.3, 0.4) is 0 Å². The predicted octanol–water partition coefficient (Wildman–Crippen LogP) is 3.97. The van der Waals surface area contributed by atoms with Crippen LogP contribution in [0.25, 0.3) is 10.9 Å². The summed E-state index contributed by atoms with van der Waals surface area (Å²) in [5.74, 6) is 0. The number of benzene rings is 1. The van der Waals surface area contributed by atoms with Crippen LogP contribution in [0.2, 0.25) is 0 Å². The van der Waals surface area contributed by atoms with Gasteiger partial charge in [0.25, 0.3) is 0 Å². The summed E-state index contributed by atoms with van der Waals surface area (Å²) in [5.41, 5.74) is 5.42. The molecule has 0 aliphatic carbocycles. The maximum atomic E-state index is 4.49. The van der Waals surface area contributed by atoms with Crippen LogP contribution in [-0.2, 0) is 19.4 Å². The number of hydrogen-bond donors (Lipinski definition) is 2. The van der Waals surface area contributed by atoms with E-state index in [4.69, 9.17) is 0 Å². The quantitative estimate of drug-likeness (QED) is 0.690. The first-order chi connectivity index (χ1) is 11.7. The zero-order valence-electron chi connectivity index (χ0n) is 13.7. The van der Waals surface area contributed by atoms with Crippen molar-refractivity contribution in [2.45, 2.75) is 26.3 Å². The fraction of sp³-hybridized carbons (Fsp3) is 0.389. The van der Waals surface area contributed by atoms with Gasteiger partial charge in [0.1, 0.15) is 0 Å². The lowest BCUT2D eigenvalue weighted by Crippen LogP contribution is -2.18. The minimum Gasteiger partial charge on any atom is -0.360 e. The standard InChI is InChI=1S/C18H21BrN4S/c1-12-11-24-18(22-12)21-9-10-23-16-6-8-20-7-5-13(16)14-3-2-4-15(19)17(14)23/h2-4,11,20H,5-10H2,1H3,(H,21,22). The molecule has 0 saturated heterocycles. The van der Waals surface area contributed by atoms with Crippen molar-refractivity contribution in [1.82, 2.24) is 14.9 Å². The molecule has 2 N–H and O–H groups in total. The summed E-state index contributed by atoms with van der Waals surface area (Å²) in [6.45, 7) is 5.99. The van der Waals surface area contributed by atoms with Gasteiger partial charge in [-0.15, -0.1) is 11.3 Å². The molecule has 1 aliphatic heterocycles. The monoisotopic (exact) mass is 404 g/mol. The largest absolute Gasteiger partial charge is 0.360 e. The van der Waals surface area contributed by atoms with Gasteiger partial charge in [0.15, 0.2) is 5.13 Å². The molecular formula is C18H21BrN4S. The smallest absolute Gasteiger partial charge is 0.182 e. The lowest BCUT2D eigenvalue weighted by Gasteiger charge is -2.12. The van der Waals surface area contributed by atoms with Crippen molar-refractivity contribution < 1.29 is 0 Å². The molecule has 6 heteroatoms. The molecule has 4 rings (SSSR count).